The maximum absolute atomic E-state index is 11.6. The highest BCUT2D eigenvalue weighted by molar-refractivity contribution is 5.89. The van der Waals surface area contributed by atoms with Crippen LogP contribution in [0.15, 0.2) is 66.7 Å². The number of phenolic OH excluding ortho intramolecular Hbond substituents is 2. The van der Waals surface area contributed by atoms with Crippen molar-refractivity contribution < 1.29 is 43.5 Å². The third-order valence-corrected chi connectivity index (χ3v) is 8.64. The number of phenols is 2. The Bertz CT molecular complexity index is 2180. The number of aryl methyl sites for hydroxylation is 4. The van der Waals surface area contributed by atoms with E-state index in [1.54, 1.807) is 31.4 Å². The van der Waals surface area contributed by atoms with E-state index in [0.29, 0.717) is 29.8 Å². The molecule has 5 aromatic carbocycles. The van der Waals surface area contributed by atoms with Crippen molar-refractivity contribution in [3.63, 3.8) is 0 Å². The lowest BCUT2D eigenvalue weighted by Crippen LogP contribution is -2.11. The number of aldehydes is 2. The van der Waals surface area contributed by atoms with E-state index in [4.69, 9.17) is 23.7 Å². The van der Waals surface area contributed by atoms with Crippen LogP contribution in [0, 0.1) is 27.7 Å². The minimum Gasteiger partial charge on any atom is -0.504 e. The van der Waals surface area contributed by atoms with Gasteiger partial charge in [-0.05, 0) is 138 Å². The van der Waals surface area contributed by atoms with Crippen molar-refractivity contribution >= 4 is 12.6 Å². The Kier molecular flexibility index (Phi) is 12.2. The Balaban J connectivity index is 1.67. The molecule has 0 aliphatic carbocycles. The molecule has 9 heteroatoms. The fourth-order valence-corrected chi connectivity index (χ4v) is 6.49. The minimum atomic E-state index is -0.222. The topological polar surface area (TPSA) is 121 Å². The average molecular weight is 733 g/mol. The molecule has 0 aromatic heterocycles. The van der Waals surface area contributed by atoms with E-state index in [1.165, 1.54) is 6.07 Å². The van der Waals surface area contributed by atoms with Crippen molar-refractivity contribution in [3.8, 4) is 62.5 Å². The van der Waals surface area contributed by atoms with Gasteiger partial charge in [-0.15, -0.1) is 0 Å². The summed E-state index contributed by atoms with van der Waals surface area (Å²) >= 11 is 0. The molecule has 0 heterocycles. The van der Waals surface area contributed by atoms with Gasteiger partial charge < -0.3 is 33.9 Å². The highest BCUT2D eigenvalue weighted by Crippen LogP contribution is 2.48. The van der Waals surface area contributed by atoms with Crippen molar-refractivity contribution in [2.45, 2.75) is 80.8 Å². The summed E-state index contributed by atoms with van der Waals surface area (Å²) in [6, 6.07) is 20.3. The number of methoxy groups -OCH3 is 1. The van der Waals surface area contributed by atoms with Crippen LogP contribution in [0.4, 0.5) is 0 Å². The summed E-state index contributed by atoms with van der Waals surface area (Å²) in [6.45, 7) is 15.8. The predicted molar refractivity (Wildman–Crippen MR) is 210 cm³/mol. The molecule has 282 valence electrons. The number of rotatable bonds is 15. The highest BCUT2D eigenvalue weighted by atomic mass is 16.5. The lowest BCUT2D eigenvalue weighted by Gasteiger charge is -2.24. The van der Waals surface area contributed by atoms with Gasteiger partial charge in [0.1, 0.15) is 30.5 Å². The van der Waals surface area contributed by atoms with Crippen molar-refractivity contribution in [3.05, 3.63) is 111 Å². The third-order valence-electron chi connectivity index (χ3n) is 8.64. The zero-order valence-electron chi connectivity index (χ0n) is 32.3. The first-order valence-electron chi connectivity index (χ1n) is 17.9. The van der Waals surface area contributed by atoms with Gasteiger partial charge in [0.25, 0.3) is 0 Å². The molecule has 0 unspecified atom stereocenters. The predicted octanol–water partition coefficient (Wildman–Crippen LogP) is 10.0. The van der Waals surface area contributed by atoms with Gasteiger partial charge in [-0.25, -0.2) is 0 Å². The van der Waals surface area contributed by atoms with E-state index >= 15 is 0 Å². The van der Waals surface area contributed by atoms with Crippen molar-refractivity contribution in [1.82, 2.24) is 0 Å². The summed E-state index contributed by atoms with van der Waals surface area (Å²) in [5, 5.41) is 21.3. The second-order valence-corrected chi connectivity index (χ2v) is 14.0. The fraction of sp³-hybridized carbons (Fsp3) is 0.289. The molecule has 0 bridgehead atoms. The van der Waals surface area contributed by atoms with Crippen molar-refractivity contribution in [2.24, 2.45) is 0 Å². The molecule has 0 spiro atoms. The number of carbonyl (C=O) groups excluding carboxylic acids is 2. The first kappa shape index (κ1) is 39.3. The Hall–Kier alpha value is -5.96. The van der Waals surface area contributed by atoms with Gasteiger partial charge in [0, 0.05) is 33.4 Å². The largest absolute Gasteiger partial charge is 0.504 e. The van der Waals surface area contributed by atoms with Crippen LogP contribution in [0.1, 0.15) is 81.8 Å². The molecule has 0 aliphatic rings. The highest BCUT2D eigenvalue weighted by Gasteiger charge is 2.25. The van der Waals surface area contributed by atoms with Gasteiger partial charge in [0.2, 0.25) is 0 Å². The summed E-state index contributed by atoms with van der Waals surface area (Å²) in [5.74, 6) is 1.75. The van der Waals surface area contributed by atoms with Gasteiger partial charge >= 0.3 is 0 Å². The zero-order chi connectivity index (χ0) is 39.3. The van der Waals surface area contributed by atoms with Crippen LogP contribution < -0.4 is 23.7 Å². The molecule has 0 saturated carbocycles. The van der Waals surface area contributed by atoms with Crippen LogP contribution in [0.5, 0.6) is 40.2 Å². The van der Waals surface area contributed by atoms with Crippen LogP contribution in [-0.2, 0) is 13.2 Å². The first-order chi connectivity index (χ1) is 25.7. The Labute approximate surface area is 317 Å². The van der Waals surface area contributed by atoms with Crippen LogP contribution in [0.25, 0.3) is 22.3 Å². The number of para-hydroxylation sites is 1. The molecule has 5 rings (SSSR count). The molecule has 0 atom stereocenters. The van der Waals surface area contributed by atoms with Gasteiger partial charge in [0.15, 0.2) is 35.6 Å². The second-order valence-electron chi connectivity index (χ2n) is 14.0. The molecule has 9 nitrogen and oxygen atoms in total. The molecule has 0 fully saturated rings. The smallest absolute Gasteiger partial charge is 0.168 e. The van der Waals surface area contributed by atoms with Crippen molar-refractivity contribution in [1.29, 1.82) is 0 Å². The molecular formula is C45H48O9. The molecule has 0 radical (unpaired) electrons. The second kappa shape index (κ2) is 16.8. The number of benzene rings is 5. The summed E-state index contributed by atoms with van der Waals surface area (Å²) in [7, 11) is 1.64. The van der Waals surface area contributed by atoms with E-state index in [-0.39, 0.29) is 59.5 Å². The van der Waals surface area contributed by atoms with Crippen LogP contribution in [0.2, 0.25) is 0 Å². The number of hydrogen-bond acceptors (Lipinski definition) is 9. The van der Waals surface area contributed by atoms with E-state index in [2.05, 4.69) is 24.3 Å². The molecule has 2 N–H and O–H groups in total. The summed E-state index contributed by atoms with van der Waals surface area (Å²) < 4.78 is 31.6. The summed E-state index contributed by atoms with van der Waals surface area (Å²) in [5.41, 5.74) is 8.60. The Morgan fingerprint density at radius 3 is 1.44 bits per heavy atom. The van der Waals surface area contributed by atoms with E-state index in [0.717, 1.165) is 55.6 Å². The minimum absolute atomic E-state index is 0.0615. The number of aromatic hydroxyl groups is 2. The molecule has 0 saturated heterocycles. The zero-order valence-corrected chi connectivity index (χ0v) is 32.3. The third kappa shape index (κ3) is 8.63. The van der Waals surface area contributed by atoms with Crippen LogP contribution in [0.3, 0.4) is 0 Å². The maximum atomic E-state index is 11.6. The monoisotopic (exact) mass is 732 g/mol. The lowest BCUT2D eigenvalue weighted by atomic mass is 9.90. The normalized spacial score (nSPS) is 11.1. The maximum Gasteiger partial charge on any atom is 0.168 e. The summed E-state index contributed by atoms with van der Waals surface area (Å²) in [4.78, 5) is 23.1. The quantitative estimate of drug-likeness (QED) is 0.101. The summed E-state index contributed by atoms with van der Waals surface area (Å²) in [6.07, 6.45) is 0.817. The molecule has 54 heavy (non-hydrogen) atoms. The Morgan fingerprint density at radius 2 is 0.981 bits per heavy atom. The van der Waals surface area contributed by atoms with Gasteiger partial charge in [-0.1, -0.05) is 6.07 Å². The fourth-order valence-electron chi connectivity index (χ4n) is 6.49. The number of ether oxygens (including phenoxy) is 5. The molecule has 0 aliphatic heterocycles. The van der Waals surface area contributed by atoms with Gasteiger partial charge in [-0.3, -0.25) is 9.59 Å². The molecule has 0 amide bonds. The van der Waals surface area contributed by atoms with Gasteiger partial charge in [0.05, 0.1) is 30.4 Å². The van der Waals surface area contributed by atoms with Gasteiger partial charge in [-0.2, -0.15) is 0 Å². The van der Waals surface area contributed by atoms with E-state index in [9.17, 15) is 19.8 Å². The first-order valence-corrected chi connectivity index (χ1v) is 17.9. The Morgan fingerprint density at radius 1 is 0.556 bits per heavy atom. The van der Waals surface area contributed by atoms with Crippen molar-refractivity contribution in [2.75, 3.05) is 7.11 Å². The molecular weight excluding hydrogens is 684 g/mol. The SMILES string of the molecule is COc1c(-c2cc(C)cc(COc3cccc(C=O)c3O)c2OC(C)C)cc(C)cc1-c1cc(C)cc(COc2cc(C)cc(C=O)c2O)c1OC(C)C. The average Bonchev–Trinajstić information content (AvgIpc) is 3.12. The number of hydrogen-bond donors (Lipinski definition) is 2. The number of carbonyl (C=O) groups is 2. The lowest BCUT2D eigenvalue weighted by molar-refractivity contribution is 0.111. The molecule has 5 aromatic rings. The van der Waals surface area contributed by atoms with E-state index in [1.807, 2.05) is 67.5 Å². The van der Waals surface area contributed by atoms with Crippen LogP contribution in [-0.4, -0.2) is 42.1 Å². The van der Waals surface area contributed by atoms with E-state index < -0.39 is 0 Å². The standard InChI is InChI=1S/C45H48O9/c1-25(2)53-43-33(23-51-39-12-10-11-31(21-46)41(39)48)14-27(5)16-35(43)37-18-30(8)19-38(45(37)50-9)36-17-28(6)15-34(44(36)54-26(3)4)24-52-40-20-29(7)13-32(22-47)42(40)49/h10-22,25-26,48-49H,23-24H2,1-9H3. The van der Waals surface area contributed by atoms with Crippen LogP contribution >= 0.6 is 0 Å².